The zero-order valence-corrected chi connectivity index (χ0v) is 13.8. The van der Waals surface area contributed by atoms with Crippen molar-refractivity contribution in [1.29, 1.82) is 5.26 Å². The van der Waals surface area contributed by atoms with Crippen LogP contribution in [0.2, 0.25) is 10.0 Å². The van der Waals surface area contributed by atoms with Gasteiger partial charge in [0.1, 0.15) is 5.01 Å². The minimum absolute atomic E-state index is 0.144. The van der Waals surface area contributed by atoms with E-state index in [4.69, 9.17) is 28.5 Å². The van der Waals surface area contributed by atoms with Gasteiger partial charge in [0.15, 0.2) is 11.7 Å². The molecule has 1 heterocycles. The van der Waals surface area contributed by atoms with E-state index in [0.29, 0.717) is 5.01 Å². The number of nitrogens with zero attached hydrogens (tertiary/aromatic N) is 2. The Bertz CT molecular complexity index is 798. The number of carbonyl (C=O) groups excluding carboxylic acids is 2. The topological polar surface area (TPSA) is 82.8 Å². The Balaban J connectivity index is 2.11. The molecule has 116 valence electrons. The number of ketones is 1. The highest BCUT2D eigenvalue weighted by Crippen LogP contribution is 2.29. The van der Waals surface area contributed by atoms with Crippen molar-refractivity contribution >= 4 is 58.0 Å². The normalized spacial score (nSPS) is 11.9. The third kappa shape index (κ3) is 4.39. The van der Waals surface area contributed by atoms with E-state index in [0.717, 1.165) is 6.08 Å². The van der Waals surface area contributed by atoms with Gasteiger partial charge in [0, 0.05) is 11.6 Å². The molecule has 0 aliphatic rings. The molecule has 0 bridgehead atoms. The van der Waals surface area contributed by atoms with Gasteiger partial charge in [0.25, 0.3) is 0 Å². The van der Waals surface area contributed by atoms with Crippen molar-refractivity contribution in [3.05, 3.63) is 50.9 Å². The number of carbonyl (C=O) groups is 2. The molecule has 0 aliphatic carbocycles. The lowest BCUT2D eigenvalue weighted by atomic mass is 10.0. The zero-order chi connectivity index (χ0) is 16.8. The van der Waals surface area contributed by atoms with Gasteiger partial charge in [-0.3, -0.25) is 9.59 Å². The number of nitrogens with one attached hydrogen (secondary N) is 1. The molecule has 1 unspecified atom stereocenters. The van der Waals surface area contributed by atoms with Crippen molar-refractivity contribution in [1.82, 2.24) is 4.98 Å². The summed E-state index contributed by atoms with van der Waals surface area (Å²) >= 11 is 13.1. The predicted molar refractivity (Wildman–Crippen MR) is 90.3 cm³/mol. The number of nitriles is 1. The van der Waals surface area contributed by atoms with Crippen LogP contribution in [0.25, 0.3) is 6.08 Å². The average Bonchev–Trinajstić information content (AvgIpc) is 3.04. The summed E-state index contributed by atoms with van der Waals surface area (Å²) in [4.78, 5) is 28.1. The van der Waals surface area contributed by atoms with Crippen molar-refractivity contribution in [2.75, 3.05) is 5.32 Å². The fourth-order valence-electron chi connectivity index (χ4n) is 1.62. The van der Waals surface area contributed by atoms with Gasteiger partial charge >= 0.3 is 0 Å². The second-order valence-corrected chi connectivity index (χ2v) is 5.97. The predicted octanol–water partition coefficient (Wildman–Crippen LogP) is 3.81. The van der Waals surface area contributed by atoms with Gasteiger partial charge in [0.2, 0.25) is 5.91 Å². The summed E-state index contributed by atoms with van der Waals surface area (Å²) in [5, 5.41) is 14.3. The van der Waals surface area contributed by atoms with Gasteiger partial charge in [0.05, 0.1) is 21.8 Å². The molecule has 1 aromatic heterocycles. The SMILES string of the molecule is N#CC(C(=O)/C=C/c1nccs1)C(=O)Nc1cccc(Cl)c1Cl. The van der Waals surface area contributed by atoms with Crippen LogP contribution in [0.3, 0.4) is 0 Å². The monoisotopic (exact) mass is 365 g/mol. The van der Waals surface area contributed by atoms with E-state index in [1.54, 1.807) is 29.8 Å². The summed E-state index contributed by atoms with van der Waals surface area (Å²) in [5.74, 6) is -2.90. The van der Waals surface area contributed by atoms with Crippen LogP contribution in [-0.2, 0) is 9.59 Å². The van der Waals surface area contributed by atoms with Crippen LogP contribution in [0.4, 0.5) is 5.69 Å². The summed E-state index contributed by atoms with van der Waals surface area (Å²) in [6, 6.07) is 6.36. The van der Waals surface area contributed by atoms with Gasteiger partial charge in [-0.1, -0.05) is 29.3 Å². The van der Waals surface area contributed by atoms with Gasteiger partial charge in [-0.15, -0.1) is 11.3 Å². The molecule has 0 saturated heterocycles. The fraction of sp³-hybridized carbons (Fsp3) is 0.0667. The van der Waals surface area contributed by atoms with Crippen LogP contribution in [0.5, 0.6) is 0 Å². The zero-order valence-electron chi connectivity index (χ0n) is 11.5. The summed E-state index contributed by atoms with van der Waals surface area (Å²) < 4.78 is 0. The van der Waals surface area contributed by atoms with Crippen molar-refractivity contribution in [2.24, 2.45) is 5.92 Å². The largest absolute Gasteiger partial charge is 0.323 e. The minimum atomic E-state index is -1.48. The molecule has 1 aromatic carbocycles. The Kier molecular flexibility index (Phi) is 5.88. The molecule has 0 aliphatic heterocycles. The molecule has 2 rings (SSSR count). The quantitative estimate of drug-likeness (QED) is 0.644. The van der Waals surface area contributed by atoms with Crippen LogP contribution in [0, 0.1) is 17.2 Å². The van der Waals surface area contributed by atoms with Gasteiger partial charge < -0.3 is 5.32 Å². The number of hydrogen-bond donors (Lipinski definition) is 1. The molecule has 2 aromatic rings. The first-order valence-electron chi connectivity index (χ1n) is 6.29. The van der Waals surface area contributed by atoms with Crippen LogP contribution >= 0.6 is 34.5 Å². The molecule has 0 radical (unpaired) electrons. The smallest absolute Gasteiger partial charge is 0.249 e. The highest BCUT2D eigenvalue weighted by Gasteiger charge is 2.25. The van der Waals surface area contributed by atoms with Crippen LogP contribution in [-0.4, -0.2) is 16.7 Å². The first kappa shape index (κ1) is 17.2. The van der Waals surface area contributed by atoms with E-state index >= 15 is 0 Å². The molecule has 5 nitrogen and oxygen atoms in total. The van der Waals surface area contributed by atoms with E-state index < -0.39 is 17.6 Å². The number of anilines is 1. The molecule has 0 saturated carbocycles. The summed E-state index contributed by atoms with van der Waals surface area (Å²) in [6.45, 7) is 0. The molecule has 1 amide bonds. The summed E-state index contributed by atoms with van der Waals surface area (Å²) in [5.41, 5.74) is 0.237. The number of rotatable bonds is 5. The average molecular weight is 366 g/mol. The number of hydrogen-bond acceptors (Lipinski definition) is 5. The van der Waals surface area contributed by atoms with Crippen molar-refractivity contribution in [3.8, 4) is 6.07 Å². The third-order valence-corrected chi connectivity index (χ3v) is 4.29. The Morgan fingerprint density at radius 2 is 2.17 bits per heavy atom. The summed E-state index contributed by atoms with van der Waals surface area (Å²) in [6.07, 6.45) is 4.20. The molecule has 23 heavy (non-hydrogen) atoms. The van der Waals surface area contributed by atoms with E-state index in [1.807, 2.05) is 0 Å². The Hall–Kier alpha value is -2.20. The number of amides is 1. The van der Waals surface area contributed by atoms with Gasteiger partial charge in [-0.2, -0.15) is 5.26 Å². The molecule has 8 heteroatoms. The minimum Gasteiger partial charge on any atom is -0.323 e. The second kappa shape index (κ2) is 7.88. The maximum Gasteiger partial charge on any atom is 0.249 e. The Morgan fingerprint density at radius 1 is 1.39 bits per heavy atom. The number of thiazole rings is 1. The van der Waals surface area contributed by atoms with Crippen LogP contribution in [0.15, 0.2) is 35.9 Å². The first-order valence-corrected chi connectivity index (χ1v) is 7.92. The highest BCUT2D eigenvalue weighted by atomic mass is 35.5. The van der Waals surface area contributed by atoms with Crippen LogP contribution in [0.1, 0.15) is 5.01 Å². The summed E-state index contributed by atoms with van der Waals surface area (Å²) in [7, 11) is 0. The molecule has 1 atom stereocenters. The fourth-order valence-corrected chi connectivity index (χ4v) is 2.50. The first-order chi connectivity index (χ1) is 11.0. The lowest BCUT2D eigenvalue weighted by Crippen LogP contribution is -2.27. The number of aromatic nitrogens is 1. The molecule has 1 N–H and O–H groups in total. The van der Waals surface area contributed by atoms with Crippen molar-refractivity contribution in [3.63, 3.8) is 0 Å². The van der Waals surface area contributed by atoms with E-state index in [-0.39, 0.29) is 15.7 Å². The standard InChI is InChI=1S/C15H9Cl2N3O2S/c16-10-2-1-3-11(14(10)17)20-15(22)9(8-18)12(21)4-5-13-19-6-7-23-13/h1-7,9H,(H,20,22)/b5-4+. The van der Waals surface area contributed by atoms with Crippen molar-refractivity contribution < 1.29 is 9.59 Å². The maximum absolute atomic E-state index is 12.1. The van der Waals surface area contributed by atoms with E-state index in [2.05, 4.69) is 10.3 Å². The lowest BCUT2D eigenvalue weighted by Gasteiger charge is -2.10. The Labute approximate surface area is 146 Å². The lowest BCUT2D eigenvalue weighted by molar-refractivity contribution is -0.126. The van der Waals surface area contributed by atoms with E-state index in [1.165, 1.54) is 23.5 Å². The van der Waals surface area contributed by atoms with Gasteiger partial charge in [-0.25, -0.2) is 4.98 Å². The number of benzene rings is 1. The third-order valence-electron chi connectivity index (χ3n) is 2.73. The number of halogens is 2. The second-order valence-electron chi connectivity index (χ2n) is 4.26. The molecular weight excluding hydrogens is 357 g/mol. The maximum atomic E-state index is 12.1. The van der Waals surface area contributed by atoms with Gasteiger partial charge in [-0.05, 0) is 24.3 Å². The number of allylic oxidation sites excluding steroid dienone is 1. The van der Waals surface area contributed by atoms with E-state index in [9.17, 15) is 9.59 Å². The Morgan fingerprint density at radius 3 is 2.83 bits per heavy atom. The molecule has 0 spiro atoms. The van der Waals surface area contributed by atoms with Crippen LogP contribution < -0.4 is 5.32 Å². The van der Waals surface area contributed by atoms with Crippen molar-refractivity contribution in [2.45, 2.75) is 0 Å². The molecular formula is C15H9Cl2N3O2S. The molecule has 0 fully saturated rings. The highest BCUT2D eigenvalue weighted by molar-refractivity contribution is 7.10.